The Bertz CT molecular complexity index is 300. The van der Waals surface area contributed by atoms with Gasteiger partial charge in [0.05, 0.1) is 0 Å². The first-order valence-electron chi connectivity index (χ1n) is 3.75. The van der Waals surface area contributed by atoms with E-state index in [4.69, 9.17) is 16.3 Å². The fourth-order valence-corrected chi connectivity index (χ4v) is 0.754. The van der Waals surface area contributed by atoms with Crippen LogP contribution in [0, 0.1) is 18.2 Å². The Morgan fingerprint density at radius 2 is 2.08 bits per heavy atom. The highest BCUT2D eigenvalue weighted by molar-refractivity contribution is 5.22. The number of halogens is 1. The minimum atomic E-state index is -0.926. The summed E-state index contributed by atoms with van der Waals surface area (Å²) in [5.41, 5.74) is 0. The van der Waals surface area contributed by atoms with Crippen molar-refractivity contribution in [1.29, 1.82) is 0 Å². The molecule has 0 amide bonds. The molecule has 0 radical (unpaired) electrons. The maximum absolute atomic E-state index is 12.4. The zero-order valence-electron chi connectivity index (χ0n) is 6.90. The molecule has 1 atom stereocenters. The van der Waals surface area contributed by atoms with Gasteiger partial charge in [0.1, 0.15) is 24.3 Å². The molecule has 1 aromatic rings. The van der Waals surface area contributed by atoms with Crippen molar-refractivity contribution in [3.8, 4) is 18.1 Å². The van der Waals surface area contributed by atoms with E-state index in [1.807, 2.05) is 0 Å². The second-order valence-electron chi connectivity index (χ2n) is 2.45. The highest BCUT2D eigenvalue weighted by Gasteiger charge is 1.99. The lowest BCUT2D eigenvalue weighted by Gasteiger charge is -2.06. The van der Waals surface area contributed by atoms with Crippen molar-refractivity contribution in [3.63, 3.8) is 0 Å². The highest BCUT2D eigenvalue weighted by Crippen LogP contribution is 2.10. The average molecular weight is 180 g/mol. The molecule has 1 aromatic carbocycles. The van der Waals surface area contributed by atoms with E-state index in [0.717, 1.165) is 0 Å². The third-order valence-electron chi connectivity index (χ3n) is 1.41. The van der Waals surface area contributed by atoms with Gasteiger partial charge in [0.2, 0.25) is 0 Å². The van der Waals surface area contributed by atoms with Crippen molar-refractivity contribution in [2.45, 2.75) is 6.10 Å². The first-order valence-corrected chi connectivity index (χ1v) is 3.75. The van der Waals surface area contributed by atoms with E-state index in [-0.39, 0.29) is 12.4 Å². The summed E-state index contributed by atoms with van der Waals surface area (Å²) < 4.78 is 17.5. The third kappa shape index (κ3) is 3.14. The lowest BCUT2D eigenvalue weighted by atomic mass is 10.3. The van der Waals surface area contributed by atoms with Gasteiger partial charge in [-0.15, -0.1) is 6.42 Å². The van der Waals surface area contributed by atoms with E-state index in [1.54, 1.807) is 0 Å². The van der Waals surface area contributed by atoms with Crippen LogP contribution in [0.2, 0.25) is 0 Å². The van der Waals surface area contributed by atoms with Crippen LogP contribution < -0.4 is 4.74 Å². The molecule has 0 aromatic heterocycles. The van der Waals surface area contributed by atoms with Crippen LogP contribution in [0.3, 0.4) is 0 Å². The van der Waals surface area contributed by atoms with Gasteiger partial charge in [-0.2, -0.15) is 0 Å². The summed E-state index contributed by atoms with van der Waals surface area (Å²) in [4.78, 5) is 0. The number of aliphatic hydroxyl groups excluding tert-OH is 1. The Morgan fingerprint density at radius 3 is 2.62 bits per heavy atom. The number of hydrogen-bond donors (Lipinski definition) is 1. The molecule has 0 saturated heterocycles. The lowest BCUT2D eigenvalue weighted by Crippen LogP contribution is -2.14. The van der Waals surface area contributed by atoms with Crippen LogP contribution in [0.1, 0.15) is 0 Å². The minimum absolute atomic E-state index is 0.0160. The summed E-state index contributed by atoms with van der Waals surface area (Å²) in [7, 11) is 0. The quantitative estimate of drug-likeness (QED) is 0.708. The third-order valence-corrected chi connectivity index (χ3v) is 1.41. The minimum Gasteiger partial charge on any atom is -0.490 e. The molecule has 0 aliphatic rings. The van der Waals surface area contributed by atoms with Gasteiger partial charge < -0.3 is 9.84 Å². The average Bonchev–Trinajstić information content (AvgIpc) is 2.16. The highest BCUT2D eigenvalue weighted by atomic mass is 19.1. The summed E-state index contributed by atoms with van der Waals surface area (Å²) in [5.74, 6) is 2.26. The molecular weight excluding hydrogens is 171 g/mol. The zero-order valence-corrected chi connectivity index (χ0v) is 6.90. The van der Waals surface area contributed by atoms with Gasteiger partial charge in [-0.1, -0.05) is 5.92 Å². The van der Waals surface area contributed by atoms with E-state index >= 15 is 0 Å². The number of rotatable bonds is 3. The predicted molar refractivity (Wildman–Crippen MR) is 46.7 cm³/mol. The zero-order chi connectivity index (χ0) is 9.68. The summed E-state index contributed by atoms with van der Waals surface area (Å²) in [6.07, 6.45) is 3.99. The Kier molecular flexibility index (Phi) is 3.30. The maximum Gasteiger partial charge on any atom is 0.148 e. The lowest BCUT2D eigenvalue weighted by molar-refractivity contribution is 0.151. The second kappa shape index (κ2) is 4.48. The van der Waals surface area contributed by atoms with Crippen molar-refractivity contribution < 1.29 is 14.2 Å². The first kappa shape index (κ1) is 9.56. The van der Waals surface area contributed by atoms with Crippen LogP contribution in [-0.2, 0) is 0 Å². The smallest absolute Gasteiger partial charge is 0.148 e. The first-order chi connectivity index (χ1) is 6.22. The van der Waals surface area contributed by atoms with Crippen LogP contribution >= 0.6 is 0 Å². The summed E-state index contributed by atoms with van der Waals surface area (Å²) in [6.45, 7) is 0.0160. The summed E-state index contributed by atoms with van der Waals surface area (Å²) in [6, 6.07) is 5.49. The molecule has 68 valence electrons. The fourth-order valence-electron chi connectivity index (χ4n) is 0.754. The van der Waals surface area contributed by atoms with Gasteiger partial charge >= 0.3 is 0 Å². The van der Waals surface area contributed by atoms with Crippen molar-refractivity contribution in [3.05, 3.63) is 30.1 Å². The van der Waals surface area contributed by atoms with Crippen molar-refractivity contribution in [2.75, 3.05) is 6.61 Å². The van der Waals surface area contributed by atoms with E-state index in [1.165, 1.54) is 24.3 Å². The molecule has 0 aliphatic heterocycles. The van der Waals surface area contributed by atoms with E-state index in [2.05, 4.69) is 5.92 Å². The van der Waals surface area contributed by atoms with Gasteiger partial charge in [-0.3, -0.25) is 0 Å². The number of aliphatic hydroxyl groups is 1. The van der Waals surface area contributed by atoms with Crippen LogP contribution in [0.25, 0.3) is 0 Å². The number of benzene rings is 1. The van der Waals surface area contributed by atoms with Gasteiger partial charge in [0.25, 0.3) is 0 Å². The monoisotopic (exact) mass is 180 g/mol. The standard InChI is InChI=1S/C10H9FO2/c1-2-9(12)7-13-10-5-3-8(11)4-6-10/h1,3-6,9,12H,7H2. The number of ether oxygens (including phenoxy) is 1. The van der Waals surface area contributed by atoms with E-state index in [9.17, 15) is 4.39 Å². The molecule has 1 N–H and O–H groups in total. The van der Waals surface area contributed by atoms with Crippen LogP contribution in [0.15, 0.2) is 24.3 Å². The molecule has 13 heavy (non-hydrogen) atoms. The molecule has 0 spiro atoms. The topological polar surface area (TPSA) is 29.5 Å². The van der Waals surface area contributed by atoms with Crippen LogP contribution in [-0.4, -0.2) is 17.8 Å². The summed E-state index contributed by atoms with van der Waals surface area (Å²) >= 11 is 0. The number of hydrogen-bond acceptors (Lipinski definition) is 2. The van der Waals surface area contributed by atoms with Crippen molar-refractivity contribution >= 4 is 0 Å². The molecule has 0 aliphatic carbocycles. The molecule has 0 saturated carbocycles. The Morgan fingerprint density at radius 1 is 1.46 bits per heavy atom. The van der Waals surface area contributed by atoms with E-state index < -0.39 is 6.10 Å². The van der Waals surface area contributed by atoms with Gasteiger partial charge in [0.15, 0.2) is 0 Å². The molecule has 0 fully saturated rings. The van der Waals surface area contributed by atoms with Crippen LogP contribution in [0.4, 0.5) is 4.39 Å². The Labute approximate surface area is 76.0 Å². The maximum atomic E-state index is 12.4. The van der Waals surface area contributed by atoms with E-state index in [0.29, 0.717) is 5.75 Å². The van der Waals surface area contributed by atoms with Crippen molar-refractivity contribution in [2.24, 2.45) is 0 Å². The number of terminal acetylenes is 1. The van der Waals surface area contributed by atoms with Gasteiger partial charge in [0, 0.05) is 0 Å². The molecular formula is C10H9FO2. The largest absolute Gasteiger partial charge is 0.490 e. The molecule has 3 heteroatoms. The SMILES string of the molecule is C#CC(O)COc1ccc(F)cc1. The predicted octanol–water partition coefficient (Wildman–Crippen LogP) is 1.20. The molecule has 1 rings (SSSR count). The molecule has 0 heterocycles. The fraction of sp³-hybridized carbons (Fsp3) is 0.200. The molecule has 2 nitrogen and oxygen atoms in total. The second-order valence-corrected chi connectivity index (χ2v) is 2.45. The van der Waals surface area contributed by atoms with Gasteiger partial charge in [-0.25, -0.2) is 4.39 Å². The van der Waals surface area contributed by atoms with Crippen molar-refractivity contribution in [1.82, 2.24) is 0 Å². The summed E-state index contributed by atoms with van der Waals surface area (Å²) in [5, 5.41) is 8.94. The normalized spacial score (nSPS) is 11.8. The molecule has 0 bridgehead atoms. The Hall–Kier alpha value is -1.53. The van der Waals surface area contributed by atoms with Gasteiger partial charge in [-0.05, 0) is 24.3 Å². The Balaban J connectivity index is 2.47. The molecule has 1 unspecified atom stereocenters. The van der Waals surface area contributed by atoms with Crippen LogP contribution in [0.5, 0.6) is 5.75 Å².